The first-order chi connectivity index (χ1) is 10.2. The fourth-order valence-electron chi connectivity index (χ4n) is 2.05. The highest BCUT2D eigenvalue weighted by atomic mass is 16.5. The molecule has 21 heavy (non-hydrogen) atoms. The number of carbonyl (C=O) groups excluding carboxylic acids is 2. The maximum atomic E-state index is 12.0. The Morgan fingerprint density at radius 1 is 1.19 bits per heavy atom. The van der Waals surface area contributed by atoms with Gasteiger partial charge in [0.15, 0.2) is 6.61 Å². The number of hydrogen-bond acceptors (Lipinski definition) is 4. The third-order valence-electron chi connectivity index (χ3n) is 3.16. The second kappa shape index (κ2) is 7.52. The van der Waals surface area contributed by atoms with Crippen molar-refractivity contribution in [3.63, 3.8) is 0 Å². The van der Waals surface area contributed by atoms with Gasteiger partial charge in [0.05, 0.1) is 6.61 Å². The van der Waals surface area contributed by atoms with E-state index < -0.39 is 0 Å². The van der Waals surface area contributed by atoms with Gasteiger partial charge < -0.3 is 19.7 Å². The second-order valence-electron chi connectivity index (χ2n) is 4.67. The highest BCUT2D eigenvalue weighted by Crippen LogP contribution is 2.17. The van der Waals surface area contributed by atoms with E-state index >= 15 is 0 Å². The molecule has 1 saturated heterocycles. The third-order valence-corrected chi connectivity index (χ3v) is 3.16. The molecule has 6 heteroatoms. The number of amides is 2. The first-order valence-corrected chi connectivity index (χ1v) is 7.09. The van der Waals surface area contributed by atoms with E-state index in [1.807, 2.05) is 6.92 Å². The number of hydrogen-bond donors (Lipinski definition) is 1. The van der Waals surface area contributed by atoms with Gasteiger partial charge in [0, 0.05) is 26.1 Å². The fourth-order valence-corrected chi connectivity index (χ4v) is 2.05. The SMILES string of the molecule is CCOc1ccc(OCC(=O)N2CCNC(=O)CC2)cc1. The summed E-state index contributed by atoms with van der Waals surface area (Å²) in [5, 5.41) is 2.73. The summed E-state index contributed by atoms with van der Waals surface area (Å²) >= 11 is 0. The molecular weight excluding hydrogens is 272 g/mol. The predicted molar refractivity (Wildman–Crippen MR) is 77.3 cm³/mol. The lowest BCUT2D eigenvalue weighted by atomic mass is 10.3. The molecule has 0 spiro atoms. The Labute approximate surface area is 124 Å². The molecule has 2 amide bonds. The molecular formula is C15H20N2O4. The van der Waals surface area contributed by atoms with E-state index in [4.69, 9.17) is 9.47 Å². The van der Waals surface area contributed by atoms with Crippen LogP contribution in [0.4, 0.5) is 0 Å². The van der Waals surface area contributed by atoms with Crippen molar-refractivity contribution in [1.82, 2.24) is 10.2 Å². The normalized spacial score (nSPS) is 15.1. The lowest BCUT2D eigenvalue weighted by molar-refractivity contribution is -0.133. The zero-order valence-electron chi connectivity index (χ0n) is 12.1. The zero-order valence-corrected chi connectivity index (χ0v) is 12.1. The van der Waals surface area contributed by atoms with Gasteiger partial charge in [0.2, 0.25) is 5.91 Å². The Morgan fingerprint density at radius 2 is 1.86 bits per heavy atom. The van der Waals surface area contributed by atoms with E-state index in [1.54, 1.807) is 29.2 Å². The summed E-state index contributed by atoms with van der Waals surface area (Å²) in [6.07, 6.45) is 0.342. The topological polar surface area (TPSA) is 67.9 Å². The van der Waals surface area contributed by atoms with Gasteiger partial charge in [0.1, 0.15) is 11.5 Å². The van der Waals surface area contributed by atoms with E-state index in [2.05, 4.69) is 5.32 Å². The van der Waals surface area contributed by atoms with Gasteiger partial charge in [-0.15, -0.1) is 0 Å². The molecule has 1 aromatic carbocycles. The first kappa shape index (κ1) is 15.2. The molecule has 6 nitrogen and oxygen atoms in total. The molecule has 2 rings (SSSR count). The molecule has 1 aromatic rings. The highest BCUT2D eigenvalue weighted by Gasteiger charge is 2.18. The summed E-state index contributed by atoms with van der Waals surface area (Å²) in [4.78, 5) is 24.9. The van der Waals surface area contributed by atoms with Gasteiger partial charge >= 0.3 is 0 Å². The lowest BCUT2D eigenvalue weighted by Crippen LogP contribution is -2.37. The number of ether oxygens (including phenoxy) is 2. The van der Waals surface area contributed by atoms with Crippen molar-refractivity contribution in [1.29, 1.82) is 0 Å². The number of rotatable bonds is 5. The summed E-state index contributed by atoms with van der Waals surface area (Å²) in [6, 6.07) is 7.15. The maximum Gasteiger partial charge on any atom is 0.260 e. The molecule has 0 radical (unpaired) electrons. The van der Waals surface area contributed by atoms with Crippen LogP contribution >= 0.6 is 0 Å². The van der Waals surface area contributed by atoms with Crippen molar-refractivity contribution < 1.29 is 19.1 Å². The Kier molecular flexibility index (Phi) is 5.43. The largest absolute Gasteiger partial charge is 0.494 e. The molecule has 114 valence electrons. The summed E-state index contributed by atoms with van der Waals surface area (Å²) in [6.45, 7) is 3.97. The van der Waals surface area contributed by atoms with Gasteiger partial charge in [-0.05, 0) is 31.2 Å². The summed E-state index contributed by atoms with van der Waals surface area (Å²) in [5.41, 5.74) is 0. The van der Waals surface area contributed by atoms with E-state index in [1.165, 1.54) is 0 Å². The van der Waals surface area contributed by atoms with Crippen LogP contribution in [0, 0.1) is 0 Å². The zero-order chi connectivity index (χ0) is 15.1. The number of nitrogens with one attached hydrogen (secondary N) is 1. The number of benzene rings is 1. The van der Waals surface area contributed by atoms with Crippen LogP contribution in [0.1, 0.15) is 13.3 Å². The Balaban J connectivity index is 1.81. The van der Waals surface area contributed by atoms with E-state index in [-0.39, 0.29) is 18.4 Å². The van der Waals surface area contributed by atoms with Crippen LogP contribution in [0.2, 0.25) is 0 Å². The minimum atomic E-state index is -0.111. The maximum absolute atomic E-state index is 12.0. The number of carbonyl (C=O) groups is 2. The molecule has 0 unspecified atom stereocenters. The van der Waals surface area contributed by atoms with Crippen LogP contribution in [-0.2, 0) is 9.59 Å². The predicted octanol–water partition coefficient (Wildman–Crippen LogP) is 0.813. The molecule has 0 bridgehead atoms. The summed E-state index contributed by atoms with van der Waals surface area (Å²) in [7, 11) is 0. The van der Waals surface area contributed by atoms with Crippen LogP contribution in [0.3, 0.4) is 0 Å². The van der Waals surface area contributed by atoms with E-state index in [0.717, 1.165) is 5.75 Å². The van der Waals surface area contributed by atoms with Gasteiger partial charge in [-0.1, -0.05) is 0 Å². The van der Waals surface area contributed by atoms with Crippen molar-refractivity contribution in [2.45, 2.75) is 13.3 Å². The average molecular weight is 292 g/mol. The molecule has 0 aromatic heterocycles. The van der Waals surface area contributed by atoms with Crippen molar-refractivity contribution >= 4 is 11.8 Å². The fraction of sp³-hybridized carbons (Fsp3) is 0.467. The average Bonchev–Trinajstić information content (AvgIpc) is 2.71. The third kappa shape index (κ3) is 4.66. The molecule has 1 N–H and O–H groups in total. The van der Waals surface area contributed by atoms with E-state index in [0.29, 0.717) is 38.4 Å². The van der Waals surface area contributed by atoms with Crippen LogP contribution in [-0.4, -0.2) is 49.6 Å². The quantitative estimate of drug-likeness (QED) is 0.872. The summed E-state index contributed by atoms with van der Waals surface area (Å²) in [5.74, 6) is 1.27. The second-order valence-corrected chi connectivity index (χ2v) is 4.67. The molecule has 0 atom stereocenters. The van der Waals surface area contributed by atoms with Crippen LogP contribution in [0.5, 0.6) is 11.5 Å². The number of nitrogens with zero attached hydrogens (tertiary/aromatic N) is 1. The van der Waals surface area contributed by atoms with E-state index in [9.17, 15) is 9.59 Å². The Morgan fingerprint density at radius 3 is 2.52 bits per heavy atom. The smallest absolute Gasteiger partial charge is 0.260 e. The highest BCUT2D eigenvalue weighted by molar-refractivity contribution is 5.80. The van der Waals surface area contributed by atoms with Crippen molar-refractivity contribution in [3.05, 3.63) is 24.3 Å². The standard InChI is InChI=1S/C15H20N2O4/c1-2-20-12-3-5-13(6-4-12)21-11-15(19)17-9-7-14(18)16-8-10-17/h3-6H,2,7-11H2,1H3,(H,16,18). The van der Waals surface area contributed by atoms with Crippen LogP contribution < -0.4 is 14.8 Å². The van der Waals surface area contributed by atoms with Crippen molar-refractivity contribution in [3.8, 4) is 11.5 Å². The van der Waals surface area contributed by atoms with Gasteiger partial charge in [-0.3, -0.25) is 9.59 Å². The first-order valence-electron chi connectivity index (χ1n) is 7.09. The summed E-state index contributed by atoms with van der Waals surface area (Å²) < 4.78 is 10.8. The van der Waals surface area contributed by atoms with Crippen molar-refractivity contribution in [2.24, 2.45) is 0 Å². The lowest BCUT2D eigenvalue weighted by Gasteiger charge is -2.19. The van der Waals surface area contributed by atoms with Gasteiger partial charge in [-0.25, -0.2) is 0 Å². The molecule has 1 heterocycles. The Hall–Kier alpha value is -2.24. The minimum absolute atomic E-state index is 0.0160. The van der Waals surface area contributed by atoms with Gasteiger partial charge in [-0.2, -0.15) is 0 Å². The molecule has 1 fully saturated rings. The molecule has 0 saturated carbocycles. The molecule has 0 aliphatic carbocycles. The monoisotopic (exact) mass is 292 g/mol. The molecule has 1 aliphatic heterocycles. The van der Waals surface area contributed by atoms with Gasteiger partial charge in [0.25, 0.3) is 5.91 Å². The minimum Gasteiger partial charge on any atom is -0.494 e. The van der Waals surface area contributed by atoms with Crippen LogP contribution in [0.25, 0.3) is 0 Å². The van der Waals surface area contributed by atoms with Crippen molar-refractivity contribution in [2.75, 3.05) is 32.8 Å². The van der Waals surface area contributed by atoms with Crippen LogP contribution in [0.15, 0.2) is 24.3 Å². The Bertz CT molecular complexity index is 487. The molecule has 1 aliphatic rings.